The van der Waals surface area contributed by atoms with E-state index < -0.39 is 0 Å². The highest BCUT2D eigenvalue weighted by atomic mass is 16.7. The molecule has 3 heterocycles. The highest BCUT2D eigenvalue weighted by Crippen LogP contribution is 2.35. The van der Waals surface area contributed by atoms with Gasteiger partial charge in [0.2, 0.25) is 12.7 Å². The molecule has 0 radical (unpaired) electrons. The zero-order chi connectivity index (χ0) is 14.9. The van der Waals surface area contributed by atoms with Crippen LogP contribution in [0, 0.1) is 6.92 Å². The maximum atomic E-state index is 5.40. The Hall–Kier alpha value is -2.50. The SMILES string of the molecule is Cc1cc(Nc2ccc3c(c2)OCO3)nc(N2CCCC2)n1. The summed E-state index contributed by atoms with van der Waals surface area (Å²) >= 11 is 0. The van der Waals surface area contributed by atoms with E-state index in [2.05, 4.69) is 20.2 Å². The van der Waals surface area contributed by atoms with Crippen LogP contribution >= 0.6 is 0 Å². The van der Waals surface area contributed by atoms with Crippen LogP contribution < -0.4 is 19.7 Å². The summed E-state index contributed by atoms with van der Waals surface area (Å²) in [6.45, 7) is 4.34. The molecule has 6 nitrogen and oxygen atoms in total. The third kappa shape index (κ3) is 2.52. The van der Waals surface area contributed by atoms with E-state index in [0.29, 0.717) is 0 Å². The molecule has 0 atom stereocenters. The first-order valence-corrected chi connectivity index (χ1v) is 7.55. The van der Waals surface area contributed by atoms with Crippen molar-refractivity contribution in [1.29, 1.82) is 0 Å². The van der Waals surface area contributed by atoms with Crippen molar-refractivity contribution in [3.05, 3.63) is 30.0 Å². The summed E-state index contributed by atoms with van der Waals surface area (Å²) in [5.41, 5.74) is 1.88. The molecule has 1 aromatic heterocycles. The van der Waals surface area contributed by atoms with Crippen molar-refractivity contribution in [2.75, 3.05) is 30.1 Å². The van der Waals surface area contributed by atoms with E-state index in [1.54, 1.807) is 0 Å². The summed E-state index contributed by atoms with van der Waals surface area (Å²) in [5.74, 6) is 3.15. The highest BCUT2D eigenvalue weighted by Gasteiger charge is 2.17. The third-order valence-corrected chi connectivity index (χ3v) is 3.88. The lowest BCUT2D eigenvalue weighted by atomic mass is 10.2. The van der Waals surface area contributed by atoms with Crippen LogP contribution in [0.15, 0.2) is 24.3 Å². The van der Waals surface area contributed by atoms with Crippen molar-refractivity contribution in [3.8, 4) is 11.5 Å². The fourth-order valence-electron chi connectivity index (χ4n) is 2.80. The topological polar surface area (TPSA) is 59.5 Å². The van der Waals surface area contributed by atoms with Gasteiger partial charge in [-0.25, -0.2) is 4.98 Å². The number of anilines is 3. The normalized spacial score (nSPS) is 16.1. The summed E-state index contributed by atoms with van der Waals surface area (Å²) in [5, 5.41) is 3.32. The van der Waals surface area contributed by atoms with Crippen LogP contribution in [-0.2, 0) is 0 Å². The number of aryl methyl sites for hydroxylation is 1. The molecule has 0 unspecified atom stereocenters. The first kappa shape index (κ1) is 13.2. The Morgan fingerprint density at radius 3 is 2.73 bits per heavy atom. The lowest BCUT2D eigenvalue weighted by Crippen LogP contribution is -2.21. The Morgan fingerprint density at radius 2 is 1.86 bits per heavy atom. The second kappa shape index (κ2) is 5.36. The number of hydrogen-bond donors (Lipinski definition) is 1. The Kier molecular flexibility index (Phi) is 3.21. The van der Waals surface area contributed by atoms with Gasteiger partial charge in [-0.1, -0.05) is 0 Å². The fourth-order valence-corrected chi connectivity index (χ4v) is 2.80. The van der Waals surface area contributed by atoms with Gasteiger partial charge in [0.05, 0.1) is 0 Å². The average Bonchev–Trinajstić information content (AvgIpc) is 3.18. The summed E-state index contributed by atoms with van der Waals surface area (Å²) in [7, 11) is 0. The number of aromatic nitrogens is 2. The minimum Gasteiger partial charge on any atom is -0.454 e. The van der Waals surface area contributed by atoms with E-state index in [1.807, 2.05) is 31.2 Å². The molecule has 1 fully saturated rings. The molecule has 2 aliphatic rings. The maximum Gasteiger partial charge on any atom is 0.231 e. The van der Waals surface area contributed by atoms with Gasteiger partial charge in [-0.15, -0.1) is 0 Å². The van der Waals surface area contributed by atoms with E-state index in [9.17, 15) is 0 Å². The Bertz CT molecular complexity index is 699. The predicted molar refractivity (Wildman–Crippen MR) is 84.1 cm³/mol. The van der Waals surface area contributed by atoms with Crippen LogP contribution in [0.1, 0.15) is 18.5 Å². The van der Waals surface area contributed by atoms with Gasteiger partial charge in [0, 0.05) is 36.6 Å². The predicted octanol–water partition coefficient (Wildman–Crippen LogP) is 2.86. The third-order valence-electron chi connectivity index (χ3n) is 3.88. The number of benzene rings is 1. The lowest BCUT2D eigenvalue weighted by molar-refractivity contribution is 0.174. The van der Waals surface area contributed by atoms with Crippen LogP contribution in [0.25, 0.3) is 0 Å². The fraction of sp³-hybridized carbons (Fsp3) is 0.375. The van der Waals surface area contributed by atoms with Crippen molar-refractivity contribution in [3.63, 3.8) is 0 Å². The molecule has 1 saturated heterocycles. The number of nitrogens with one attached hydrogen (secondary N) is 1. The molecule has 6 heteroatoms. The Morgan fingerprint density at radius 1 is 1.05 bits per heavy atom. The number of hydrogen-bond acceptors (Lipinski definition) is 6. The molecule has 0 bridgehead atoms. The van der Waals surface area contributed by atoms with Crippen molar-refractivity contribution < 1.29 is 9.47 Å². The molecule has 1 N–H and O–H groups in total. The molecular formula is C16H18N4O2. The first-order valence-electron chi connectivity index (χ1n) is 7.55. The van der Waals surface area contributed by atoms with Crippen molar-refractivity contribution in [1.82, 2.24) is 9.97 Å². The van der Waals surface area contributed by atoms with Crippen LogP contribution in [-0.4, -0.2) is 29.9 Å². The number of fused-ring (bicyclic) bond motifs is 1. The zero-order valence-corrected chi connectivity index (χ0v) is 12.5. The Labute approximate surface area is 129 Å². The van der Waals surface area contributed by atoms with E-state index in [-0.39, 0.29) is 6.79 Å². The minimum atomic E-state index is 0.282. The van der Waals surface area contributed by atoms with Crippen LogP contribution in [0.4, 0.5) is 17.5 Å². The summed E-state index contributed by atoms with van der Waals surface area (Å²) in [6.07, 6.45) is 2.42. The first-order chi connectivity index (χ1) is 10.8. The second-order valence-corrected chi connectivity index (χ2v) is 5.58. The molecule has 4 rings (SSSR count). The largest absolute Gasteiger partial charge is 0.454 e. The minimum absolute atomic E-state index is 0.282. The molecule has 0 saturated carbocycles. The summed E-state index contributed by atoms with van der Waals surface area (Å²) < 4.78 is 10.7. The molecular weight excluding hydrogens is 280 g/mol. The average molecular weight is 298 g/mol. The lowest BCUT2D eigenvalue weighted by Gasteiger charge is -2.17. The van der Waals surface area contributed by atoms with Gasteiger partial charge in [0.1, 0.15) is 5.82 Å². The van der Waals surface area contributed by atoms with Crippen molar-refractivity contribution in [2.24, 2.45) is 0 Å². The molecule has 0 aliphatic carbocycles. The van der Waals surface area contributed by atoms with Crippen molar-refractivity contribution in [2.45, 2.75) is 19.8 Å². The monoisotopic (exact) mass is 298 g/mol. The summed E-state index contributed by atoms with van der Waals surface area (Å²) in [4.78, 5) is 11.4. The van der Waals surface area contributed by atoms with Gasteiger partial charge in [0.25, 0.3) is 0 Å². The van der Waals surface area contributed by atoms with Crippen LogP contribution in [0.5, 0.6) is 11.5 Å². The van der Waals surface area contributed by atoms with Crippen molar-refractivity contribution >= 4 is 17.5 Å². The second-order valence-electron chi connectivity index (χ2n) is 5.58. The summed E-state index contributed by atoms with van der Waals surface area (Å²) in [6, 6.07) is 7.74. The van der Waals surface area contributed by atoms with E-state index in [1.165, 1.54) is 12.8 Å². The quantitative estimate of drug-likeness (QED) is 0.940. The standard InChI is InChI=1S/C16H18N4O2/c1-11-8-15(19-16(17-11)20-6-2-3-7-20)18-12-4-5-13-14(9-12)22-10-21-13/h4-5,8-9H,2-3,6-7,10H2,1H3,(H,17,18,19). The van der Waals surface area contributed by atoms with Crippen LogP contribution in [0.2, 0.25) is 0 Å². The zero-order valence-electron chi connectivity index (χ0n) is 12.5. The van der Waals surface area contributed by atoms with E-state index in [4.69, 9.17) is 9.47 Å². The molecule has 2 aromatic rings. The molecule has 0 amide bonds. The molecule has 22 heavy (non-hydrogen) atoms. The van der Waals surface area contributed by atoms with Gasteiger partial charge < -0.3 is 19.7 Å². The Balaban J connectivity index is 1.59. The number of ether oxygens (including phenoxy) is 2. The maximum absolute atomic E-state index is 5.40. The van der Waals surface area contributed by atoms with Gasteiger partial charge in [-0.3, -0.25) is 0 Å². The highest BCUT2D eigenvalue weighted by molar-refractivity contribution is 5.62. The van der Waals surface area contributed by atoms with Gasteiger partial charge >= 0.3 is 0 Å². The van der Waals surface area contributed by atoms with Gasteiger partial charge in [0.15, 0.2) is 11.5 Å². The molecule has 114 valence electrons. The molecule has 2 aliphatic heterocycles. The number of nitrogens with zero attached hydrogens (tertiary/aromatic N) is 3. The van der Waals surface area contributed by atoms with Crippen LogP contribution in [0.3, 0.4) is 0 Å². The van der Waals surface area contributed by atoms with E-state index >= 15 is 0 Å². The van der Waals surface area contributed by atoms with Gasteiger partial charge in [-0.05, 0) is 31.9 Å². The molecule has 1 aromatic carbocycles. The number of rotatable bonds is 3. The smallest absolute Gasteiger partial charge is 0.231 e. The molecule has 0 spiro atoms. The van der Waals surface area contributed by atoms with Gasteiger partial charge in [-0.2, -0.15) is 4.98 Å². The van der Waals surface area contributed by atoms with E-state index in [0.717, 1.165) is 47.7 Å².